The van der Waals surface area contributed by atoms with E-state index in [1.165, 1.54) is 0 Å². The molecule has 0 aromatic carbocycles. The molecule has 140 valence electrons. The number of hydrogen-bond acceptors (Lipinski definition) is 4. The van der Waals surface area contributed by atoms with Crippen LogP contribution in [0.15, 0.2) is 11.3 Å². The molecule has 0 aromatic rings. The number of rotatable bonds is 4. The summed E-state index contributed by atoms with van der Waals surface area (Å²) >= 11 is 1.86. The van der Waals surface area contributed by atoms with Crippen LogP contribution < -0.4 is 0 Å². The van der Waals surface area contributed by atoms with E-state index < -0.39 is 14.3 Å². The molecule has 3 rings (SSSR count). The van der Waals surface area contributed by atoms with Crippen molar-refractivity contribution in [1.82, 2.24) is 4.90 Å². The lowest BCUT2D eigenvalue weighted by Gasteiger charge is -2.50. The average Bonchev–Trinajstić information content (AvgIpc) is 2.76. The van der Waals surface area contributed by atoms with E-state index >= 15 is 0 Å². The maximum Gasteiger partial charge on any atom is 0.352 e. The second kappa shape index (κ2) is 6.13. The number of β-lactam (4-membered cyclic amide) rings is 1. The fraction of sp³-hybridized carbons (Fsp3) is 0.778. The van der Waals surface area contributed by atoms with Crippen molar-refractivity contribution in [1.29, 1.82) is 0 Å². The second-order valence-electron chi connectivity index (χ2n) is 8.92. The Morgan fingerprint density at radius 1 is 1.40 bits per heavy atom. The topological polar surface area (TPSA) is 66.8 Å². The number of amides is 1. The molecule has 3 aliphatic heterocycles. The van der Waals surface area contributed by atoms with Crippen LogP contribution in [0, 0.1) is 11.8 Å². The van der Waals surface area contributed by atoms with Crippen molar-refractivity contribution in [3.05, 3.63) is 11.3 Å². The van der Waals surface area contributed by atoms with Gasteiger partial charge in [0.2, 0.25) is 5.91 Å². The largest absolute Gasteiger partial charge is 0.477 e. The van der Waals surface area contributed by atoms with Gasteiger partial charge in [0.1, 0.15) is 5.70 Å². The minimum atomic E-state index is -1.97. The van der Waals surface area contributed by atoms with Crippen LogP contribution in [0.4, 0.5) is 0 Å². The molecular weight excluding hydrogens is 354 g/mol. The standard InChI is InChI=1S/C18H29NO4SSi/c1-10(23-25(5,6)18(2,3)4)13-14-12-9-24-8-7-11(12)15(17(21)22)19(14)16(13)20/h10,12-14H,7-9H2,1-6H3,(H,21,22)/t10-,12+,13-,14-/m1/s1. The highest BCUT2D eigenvalue weighted by Crippen LogP contribution is 2.52. The average molecular weight is 384 g/mol. The summed E-state index contributed by atoms with van der Waals surface area (Å²) in [5, 5.41) is 9.71. The number of fused-ring (bicyclic) bond motifs is 3. The number of carbonyl (C=O) groups excluding carboxylic acids is 1. The Bertz CT molecular complexity index is 639. The predicted octanol–water partition coefficient (Wildman–Crippen LogP) is 3.33. The quantitative estimate of drug-likeness (QED) is 0.596. The molecular formula is C18H29NO4SSi. The van der Waals surface area contributed by atoms with Crippen LogP contribution in [-0.4, -0.2) is 53.9 Å². The van der Waals surface area contributed by atoms with Crippen molar-refractivity contribution in [3.63, 3.8) is 0 Å². The molecule has 7 heteroatoms. The van der Waals surface area contributed by atoms with Crippen LogP contribution in [0.25, 0.3) is 0 Å². The second-order valence-corrected chi connectivity index (χ2v) is 14.8. The molecule has 1 amide bonds. The maximum atomic E-state index is 12.8. The first-order chi connectivity index (χ1) is 11.5. The molecule has 1 N–H and O–H groups in total. The molecule has 2 fully saturated rings. The fourth-order valence-electron chi connectivity index (χ4n) is 4.09. The molecule has 0 radical (unpaired) electrons. The van der Waals surface area contributed by atoms with Crippen molar-refractivity contribution in [2.75, 3.05) is 11.5 Å². The minimum Gasteiger partial charge on any atom is -0.477 e. The van der Waals surface area contributed by atoms with Gasteiger partial charge in [0, 0.05) is 11.7 Å². The summed E-state index contributed by atoms with van der Waals surface area (Å²) in [5.41, 5.74) is 1.24. The third-order valence-electron chi connectivity index (χ3n) is 6.40. The van der Waals surface area contributed by atoms with Gasteiger partial charge in [-0.25, -0.2) is 4.79 Å². The molecule has 0 aromatic heterocycles. The van der Waals surface area contributed by atoms with Gasteiger partial charge in [0.05, 0.1) is 18.1 Å². The number of carboxylic acid groups (broad SMARTS) is 1. The van der Waals surface area contributed by atoms with Crippen molar-refractivity contribution < 1.29 is 19.1 Å². The van der Waals surface area contributed by atoms with Crippen LogP contribution in [0.3, 0.4) is 0 Å². The lowest BCUT2D eigenvalue weighted by molar-refractivity contribution is -0.162. The van der Waals surface area contributed by atoms with E-state index in [1.54, 1.807) is 4.90 Å². The number of carbonyl (C=O) groups is 2. The Kier molecular flexibility index (Phi) is 4.65. The molecule has 2 saturated heterocycles. The molecule has 3 aliphatic rings. The molecule has 5 nitrogen and oxygen atoms in total. The summed E-state index contributed by atoms with van der Waals surface area (Å²) in [6.07, 6.45) is 0.609. The number of hydrogen-bond donors (Lipinski definition) is 1. The van der Waals surface area contributed by atoms with Crippen molar-refractivity contribution >= 4 is 32.0 Å². The predicted molar refractivity (Wildman–Crippen MR) is 102 cm³/mol. The van der Waals surface area contributed by atoms with Crippen LogP contribution in [-0.2, 0) is 14.0 Å². The molecule has 0 saturated carbocycles. The first kappa shape index (κ1) is 19.0. The maximum absolute atomic E-state index is 12.8. The summed E-state index contributed by atoms with van der Waals surface area (Å²) in [6.45, 7) is 13.0. The van der Waals surface area contributed by atoms with Gasteiger partial charge in [-0.2, -0.15) is 11.8 Å². The molecule has 25 heavy (non-hydrogen) atoms. The Morgan fingerprint density at radius 2 is 2.04 bits per heavy atom. The van der Waals surface area contributed by atoms with E-state index in [0.717, 1.165) is 23.5 Å². The highest BCUT2D eigenvalue weighted by molar-refractivity contribution is 7.99. The first-order valence-corrected chi connectivity index (χ1v) is 13.1. The van der Waals surface area contributed by atoms with Gasteiger partial charge in [-0.3, -0.25) is 4.79 Å². The molecule has 0 spiro atoms. The zero-order chi connectivity index (χ0) is 18.7. The Morgan fingerprint density at radius 3 is 2.60 bits per heavy atom. The Hall–Kier alpha value is -0.793. The van der Waals surface area contributed by atoms with Gasteiger partial charge in [-0.05, 0) is 42.8 Å². The van der Waals surface area contributed by atoms with Gasteiger partial charge in [0.15, 0.2) is 8.32 Å². The van der Waals surface area contributed by atoms with Crippen molar-refractivity contribution in [3.8, 4) is 0 Å². The summed E-state index contributed by atoms with van der Waals surface area (Å²) < 4.78 is 6.48. The van der Waals surface area contributed by atoms with Gasteiger partial charge < -0.3 is 14.4 Å². The summed E-state index contributed by atoms with van der Waals surface area (Å²) in [6, 6.07) is -0.0267. The summed E-state index contributed by atoms with van der Waals surface area (Å²) in [5.74, 6) is 0.782. The van der Waals surface area contributed by atoms with E-state index in [0.29, 0.717) is 0 Å². The van der Waals surface area contributed by atoms with E-state index in [9.17, 15) is 14.7 Å². The molecule has 4 atom stereocenters. The van der Waals surface area contributed by atoms with E-state index in [4.69, 9.17) is 4.43 Å². The van der Waals surface area contributed by atoms with Crippen LogP contribution in [0.2, 0.25) is 18.1 Å². The molecule has 0 aliphatic carbocycles. The lowest BCUT2D eigenvalue weighted by Crippen LogP contribution is -2.65. The first-order valence-electron chi connectivity index (χ1n) is 9.02. The molecule has 0 bridgehead atoms. The fourth-order valence-corrected chi connectivity index (χ4v) is 6.70. The van der Waals surface area contributed by atoms with E-state index in [1.807, 2.05) is 18.7 Å². The zero-order valence-electron chi connectivity index (χ0n) is 16.0. The summed E-state index contributed by atoms with van der Waals surface area (Å²) in [4.78, 5) is 26.1. The van der Waals surface area contributed by atoms with Crippen LogP contribution in [0.5, 0.6) is 0 Å². The minimum absolute atomic E-state index is 0.0267. The number of carboxylic acids is 1. The number of thioether (sulfide) groups is 1. The van der Waals surface area contributed by atoms with Crippen molar-refractivity contribution in [2.45, 2.75) is 64.4 Å². The third kappa shape index (κ3) is 2.88. The summed E-state index contributed by atoms with van der Waals surface area (Å²) in [7, 11) is -1.97. The van der Waals surface area contributed by atoms with E-state index in [-0.39, 0.29) is 40.6 Å². The monoisotopic (exact) mass is 383 g/mol. The normalized spacial score (nSPS) is 30.7. The number of nitrogens with zero attached hydrogens (tertiary/aromatic N) is 1. The number of aliphatic carboxylic acids is 1. The van der Waals surface area contributed by atoms with Crippen LogP contribution in [0.1, 0.15) is 34.1 Å². The van der Waals surface area contributed by atoms with Crippen LogP contribution >= 0.6 is 11.8 Å². The highest BCUT2D eigenvalue weighted by atomic mass is 32.2. The Labute approximate surface area is 155 Å². The van der Waals surface area contributed by atoms with E-state index in [2.05, 4.69) is 33.9 Å². The van der Waals surface area contributed by atoms with Crippen molar-refractivity contribution in [2.24, 2.45) is 11.8 Å². The SMILES string of the molecule is C[C@@H](O[Si](C)(C)C(C)(C)C)[C@H]1C(=O)N2C(C(=O)O)=C3CCSC[C@@H]3[C@H]12. The smallest absolute Gasteiger partial charge is 0.352 e. The third-order valence-corrected chi connectivity index (χ3v) is 12.1. The van der Waals surface area contributed by atoms with Gasteiger partial charge >= 0.3 is 5.97 Å². The zero-order valence-corrected chi connectivity index (χ0v) is 17.8. The Balaban J connectivity index is 1.83. The lowest BCUT2D eigenvalue weighted by atomic mass is 9.77. The van der Waals surface area contributed by atoms with Gasteiger partial charge in [-0.15, -0.1) is 0 Å². The van der Waals surface area contributed by atoms with Gasteiger partial charge in [0.25, 0.3) is 0 Å². The highest BCUT2D eigenvalue weighted by Gasteiger charge is 2.62. The molecule has 0 unspecified atom stereocenters. The van der Waals surface area contributed by atoms with Gasteiger partial charge in [-0.1, -0.05) is 20.8 Å². The molecule has 3 heterocycles.